The Labute approximate surface area is 312 Å². The number of nitrogens with zero attached hydrogens (tertiary/aromatic N) is 6. The highest BCUT2D eigenvalue weighted by Gasteiger charge is 2.71. The third-order valence-corrected chi connectivity index (χ3v) is 10.6. The van der Waals surface area contributed by atoms with Gasteiger partial charge in [-0.3, -0.25) is 4.90 Å². The summed E-state index contributed by atoms with van der Waals surface area (Å²) >= 11 is 0. The standard InChI is InChI=1S/C40H45F3N6O5/c1-37(2,3)54-36(50)49-26-12-13-38(49,4)20-48(18-26)34-30-15-25(17-44)31(29-16-27(53-23-51-7)14-24-10-8-9-11-28(24)29)32(41)33(30)45-35(46-34)52-22-39(21-47(5)6)19-40(39,42)43/h8-11,14-16,26H,12-13,18-23H2,1-7H3/t26-,38+,39-/m1/s1. The van der Waals surface area contributed by atoms with E-state index in [9.17, 15) is 18.8 Å². The zero-order valence-corrected chi connectivity index (χ0v) is 31.6. The number of rotatable bonds is 10. The number of amides is 1. The van der Waals surface area contributed by atoms with Crippen LogP contribution in [0.15, 0.2) is 42.5 Å². The van der Waals surface area contributed by atoms with Gasteiger partial charge < -0.3 is 28.7 Å². The quantitative estimate of drug-likeness (QED) is 0.152. The van der Waals surface area contributed by atoms with Gasteiger partial charge in [-0.25, -0.2) is 18.0 Å². The van der Waals surface area contributed by atoms with Crippen molar-refractivity contribution in [3.8, 4) is 29.0 Å². The topological polar surface area (TPSA) is 113 Å². The van der Waals surface area contributed by atoms with Crippen LogP contribution in [-0.2, 0) is 9.47 Å². The number of piperazine rings is 1. The predicted molar refractivity (Wildman–Crippen MR) is 197 cm³/mol. The zero-order chi connectivity index (χ0) is 38.8. The number of anilines is 1. The zero-order valence-electron chi connectivity index (χ0n) is 31.6. The van der Waals surface area contributed by atoms with Gasteiger partial charge in [-0.05, 0) is 89.2 Å². The summed E-state index contributed by atoms with van der Waals surface area (Å²) in [5, 5.41) is 12.2. The Hall–Kier alpha value is -4.87. The molecule has 3 heterocycles. The summed E-state index contributed by atoms with van der Waals surface area (Å²) in [6.07, 6.45) is 0.631. The maximum atomic E-state index is 17.4. The number of alkyl halides is 2. The van der Waals surface area contributed by atoms with Gasteiger partial charge in [0.05, 0.1) is 28.6 Å². The average Bonchev–Trinajstić information content (AvgIpc) is 3.55. The van der Waals surface area contributed by atoms with Crippen molar-refractivity contribution in [2.75, 3.05) is 59.1 Å². The van der Waals surface area contributed by atoms with Crippen LogP contribution in [0.25, 0.3) is 32.8 Å². The number of methoxy groups -OCH3 is 1. The third kappa shape index (κ3) is 6.72. The van der Waals surface area contributed by atoms with E-state index in [-0.39, 0.29) is 66.3 Å². The van der Waals surface area contributed by atoms with Gasteiger partial charge in [0.2, 0.25) is 0 Å². The molecule has 3 atom stereocenters. The second kappa shape index (κ2) is 13.5. The molecule has 14 heteroatoms. The van der Waals surface area contributed by atoms with E-state index in [0.29, 0.717) is 42.6 Å². The van der Waals surface area contributed by atoms with Crippen molar-refractivity contribution in [1.29, 1.82) is 5.26 Å². The van der Waals surface area contributed by atoms with E-state index in [1.54, 1.807) is 42.1 Å². The van der Waals surface area contributed by atoms with Crippen molar-refractivity contribution in [3.05, 3.63) is 53.8 Å². The maximum Gasteiger partial charge on any atom is 0.411 e. The molecule has 11 nitrogen and oxygen atoms in total. The molecule has 0 unspecified atom stereocenters. The molecule has 2 bridgehead atoms. The fourth-order valence-electron chi connectivity index (χ4n) is 8.18. The van der Waals surface area contributed by atoms with Crippen molar-refractivity contribution in [3.63, 3.8) is 0 Å². The van der Waals surface area contributed by atoms with Crippen LogP contribution in [0.4, 0.5) is 23.8 Å². The first-order valence-electron chi connectivity index (χ1n) is 18.0. The van der Waals surface area contributed by atoms with Crippen LogP contribution < -0.4 is 14.4 Å². The van der Waals surface area contributed by atoms with Gasteiger partial charge in [0.25, 0.3) is 5.92 Å². The first-order chi connectivity index (χ1) is 25.5. The molecular formula is C40H45F3N6O5. The molecule has 2 aliphatic heterocycles. The van der Waals surface area contributed by atoms with Crippen molar-refractivity contribution in [2.24, 2.45) is 5.41 Å². The van der Waals surface area contributed by atoms with Crippen LogP contribution in [0.5, 0.6) is 11.8 Å². The van der Waals surface area contributed by atoms with Crippen LogP contribution in [-0.4, -0.2) is 103 Å². The number of aromatic nitrogens is 2. The largest absolute Gasteiger partial charge is 0.468 e. The Kier molecular flexibility index (Phi) is 9.33. The van der Waals surface area contributed by atoms with Crippen LogP contribution in [0.2, 0.25) is 0 Å². The lowest BCUT2D eigenvalue weighted by Gasteiger charge is -2.47. The fourth-order valence-corrected chi connectivity index (χ4v) is 8.18. The van der Waals surface area contributed by atoms with E-state index in [1.165, 1.54) is 7.11 Å². The van der Waals surface area contributed by atoms with Gasteiger partial charge in [0.15, 0.2) is 12.6 Å². The molecule has 4 aromatic rings. The molecule has 7 rings (SSSR count). The SMILES string of the molecule is COCOc1cc(-c2c(C#N)cc3c(N4C[C@H]5CC[C@@](C)(C4)N5C(=O)OC(C)(C)C)nc(OC[C@]4(CN(C)C)CC4(F)F)nc3c2F)c2ccccc2c1. The minimum absolute atomic E-state index is 0.000697. The molecule has 286 valence electrons. The predicted octanol–water partition coefficient (Wildman–Crippen LogP) is 7.39. The molecular weight excluding hydrogens is 701 g/mol. The first kappa shape index (κ1) is 37.4. The van der Waals surface area contributed by atoms with Gasteiger partial charge in [-0.2, -0.15) is 15.2 Å². The molecule has 3 aromatic carbocycles. The highest BCUT2D eigenvalue weighted by molar-refractivity contribution is 6.03. The van der Waals surface area contributed by atoms with Gasteiger partial charge in [0, 0.05) is 44.1 Å². The molecule has 3 fully saturated rings. The number of halogens is 3. The molecule has 3 aliphatic rings. The number of benzene rings is 3. The summed E-state index contributed by atoms with van der Waals surface area (Å²) < 4.78 is 69.7. The summed E-state index contributed by atoms with van der Waals surface area (Å²) in [6, 6.07) is 14.1. The smallest absolute Gasteiger partial charge is 0.411 e. The Balaban J connectivity index is 1.38. The molecule has 1 saturated carbocycles. The number of carbonyl (C=O) groups is 1. The normalized spacial score (nSPS) is 23.2. The Morgan fingerprint density at radius 3 is 2.50 bits per heavy atom. The minimum atomic E-state index is -2.94. The van der Waals surface area contributed by atoms with Crippen LogP contribution in [0.3, 0.4) is 0 Å². The summed E-state index contributed by atoms with van der Waals surface area (Å²) in [5.41, 5.74) is -2.49. The second-order valence-corrected chi connectivity index (χ2v) is 16.3. The fraction of sp³-hybridized carbons (Fsp3) is 0.500. The molecule has 1 amide bonds. The summed E-state index contributed by atoms with van der Waals surface area (Å²) in [5.74, 6) is -3.05. The number of hydrogen-bond donors (Lipinski definition) is 0. The molecule has 0 radical (unpaired) electrons. The number of fused-ring (bicyclic) bond motifs is 4. The summed E-state index contributed by atoms with van der Waals surface area (Å²) in [6.45, 7) is 7.73. The highest BCUT2D eigenvalue weighted by Crippen LogP contribution is 2.60. The van der Waals surface area contributed by atoms with E-state index >= 15 is 4.39 Å². The summed E-state index contributed by atoms with van der Waals surface area (Å²) in [4.78, 5) is 28.1. The number of ether oxygens (including phenoxy) is 4. The highest BCUT2D eigenvalue weighted by atomic mass is 19.3. The van der Waals surface area contributed by atoms with E-state index in [4.69, 9.17) is 23.9 Å². The molecule has 1 aliphatic carbocycles. The van der Waals surface area contributed by atoms with Crippen molar-refractivity contribution in [2.45, 2.75) is 70.1 Å². The lowest BCUT2D eigenvalue weighted by atomic mass is 9.92. The molecule has 0 N–H and O–H groups in total. The minimum Gasteiger partial charge on any atom is -0.468 e. The maximum absolute atomic E-state index is 17.4. The second-order valence-electron chi connectivity index (χ2n) is 16.3. The van der Waals surface area contributed by atoms with Crippen LogP contribution in [0.1, 0.15) is 52.5 Å². The Morgan fingerprint density at radius 1 is 1.11 bits per heavy atom. The average molecular weight is 747 g/mol. The monoisotopic (exact) mass is 746 g/mol. The lowest BCUT2D eigenvalue weighted by molar-refractivity contribution is -0.00286. The van der Waals surface area contributed by atoms with Crippen molar-refractivity contribution >= 4 is 33.6 Å². The van der Waals surface area contributed by atoms with E-state index in [0.717, 1.165) is 5.39 Å². The first-order valence-corrected chi connectivity index (χ1v) is 18.0. The van der Waals surface area contributed by atoms with Gasteiger partial charge in [0.1, 0.15) is 29.3 Å². The molecule has 0 spiro atoms. The Bertz CT molecular complexity index is 2170. The van der Waals surface area contributed by atoms with E-state index < -0.39 is 34.4 Å². The number of hydrogen-bond acceptors (Lipinski definition) is 10. The summed E-state index contributed by atoms with van der Waals surface area (Å²) in [7, 11) is 4.93. The van der Waals surface area contributed by atoms with Crippen molar-refractivity contribution < 1.29 is 36.9 Å². The van der Waals surface area contributed by atoms with Gasteiger partial charge in [-0.15, -0.1) is 0 Å². The molecule has 1 aromatic heterocycles. The van der Waals surface area contributed by atoms with Crippen molar-refractivity contribution in [1.82, 2.24) is 19.8 Å². The van der Waals surface area contributed by atoms with Crippen LogP contribution >= 0.6 is 0 Å². The number of carbonyl (C=O) groups excluding carboxylic acids is 1. The lowest BCUT2D eigenvalue weighted by Crippen LogP contribution is -2.63. The van der Waals surface area contributed by atoms with Crippen LogP contribution in [0, 0.1) is 22.6 Å². The van der Waals surface area contributed by atoms with E-state index in [2.05, 4.69) is 11.1 Å². The van der Waals surface area contributed by atoms with E-state index in [1.807, 2.05) is 56.9 Å². The Morgan fingerprint density at radius 2 is 1.85 bits per heavy atom. The molecule has 54 heavy (non-hydrogen) atoms. The van der Waals surface area contributed by atoms with Gasteiger partial charge in [-0.1, -0.05) is 24.3 Å². The number of nitriles is 1. The third-order valence-electron chi connectivity index (χ3n) is 10.6. The van der Waals surface area contributed by atoms with Gasteiger partial charge >= 0.3 is 12.1 Å². The molecule has 2 saturated heterocycles.